The number of H-pyrrole nitrogens is 1. The number of fused-ring (bicyclic) bond motifs is 2. The summed E-state index contributed by atoms with van der Waals surface area (Å²) in [6.45, 7) is 0.598. The van der Waals surface area contributed by atoms with Gasteiger partial charge in [0, 0.05) is 30.1 Å². The fourth-order valence-electron chi connectivity index (χ4n) is 3.57. The van der Waals surface area contributed by atoms with Crippen LogP contribution >= 0.6 is 0 Å². The second-order valence-corrected chi connectivity index (χ2v) is 6.26. The first-order chi connectivity index (χ1) is 11.7. The highest BCUT2D eigenvalue weighted by Gasteiger charge is 2.25. The van der Waals surface area contributed by atoms with Crippen molar-refractivity contribution in [1.82, 2.24) is 4.98 Å². The van der Waals surface area contributed by atoms with Gasteiger partial charge in [-0.2, -0.15) is 0 Å². The summed E-state index contributed by atoms with van der Waals surface area (Å²) in [6, 6.07) is 13.1. The Kier molecular flexibility index (Phi) is 3.81. The number of aromatic nitrogens is 1. The van der Waals surface area contributed by atoms with Crippen molar-refractivity contribution in [2.24, 2.45) is 0 Å². The first kappa shape index (κ1) is 14.9. The van der Waals surface area contributed by atoms with E-state index in [1.54, 1.807) is 11.0 Å². The maximum absolute atomic E-state index is 14.2. The largest absolute Gasteiger partial charge is 0.361 e. The summed E-state index contributed by atoms with van der Waals surface area (Å²) in [5.41, 5.74) is 3.62. The SMILES string of the molecule is O=C(CCc1c[nH]c2ccccc12)N1CCCc2cccc(F)c21. The second kappa shape index (κ2) is 6.11. The van der Waals surface area contributed by atoms with Crippen molar-refractivity contribution in [2.45, 2.75) is 25.7 Å². The summed E-state index contributed by atoms with van der Waals surface area (Å²) in [6.07, 6.45) is 4.72. The molecule has 1 aromatic heterocycles. The zero-order valence-electron chi connectivity index (χ0n) is 13.4. The molecule has 1 amide bonds. The number of carbonyl (C=O) groups excluding carboxylic acids is 1. The zero-order chi connectivity index (χ0) is 16.5. The van der Waals surface area contributed by atoms with Crippen LogP contribution in [0.2, 0.25) is 0 Å². The zero-order valence-corrected chi connectivity index (χ0v) is 13.4. The molecule has 24 heavy (non-hydrogen) atoms. The molecule has 2 heterocycles. The lowest BCUT2D eigenvalue weighted by molar-refractivity contribution is -0.118. The fraction of sp³-hybridized carbons (Fsp3) is 0.250. The van der Waals surface area contributed by atoms with Crippen LogP contribution in [0.25, 0.3) is 10.9 Å². The molecule has 0 fully saturated rings. The summed E-state index contributed by atoms with van der Waals surface area (Å²) >= 11 is 0. The summed E-state index contributed by atoms with van der Waals surface area (Å²) in [5, 5.41) is 1.15. The average Bonchev–Trinajstić information content (AvgIpc) is 3.03. The van der Waals surface area contributed by atoms with Gasteiger partial charge in [0.1, 0.15) is 5.82 Å². The van der Waals surface area contributed by atoms with Crippen LogP contribution in [0, 0.1) is 5.82 Å². The molecule has 4 rings (SSSR count). The molecule has 1 aliphatic heterocycles. The van der Waals surface area contributed by atoms with Gasteiger partial charge in [-0.3, -0.25) is 4.79 Å². The fourth-order valence-corrected chi connectivity index (χ4v) is 3.57. The Hall–Kier alpha value is -2.62. The number of rotatable bonds is 3. The van der Waals surface area contributed by atoms with Gasteiger partial charge in [0.05, 0.1) is 5.69 Å². The number of amides is 1. The molecular weight excluding hydrogens is 303 g/mol. The Morgan fingerprint density at radius 2 is 2.04 bits per heavy atom. The van der Waals surface area contributed by atoms with Crippen molar-refractivity contribution in [3.05, 3.63) is 65.6 Å². The van der Waals surface area contributed by atoms with Crippen LogP contribution < -0.4 is 4.90 Å². The Morgan fingerprint density at radius 3 is 2.96 bits per heavy atom. The maximum atomic E-state index is 14.2. The van der Waals surface area contributed by atoms with Gasteiger partial charge in [0.15, 0.2) is 0 Å². The highest BCUT2D eigenvalue weighted by atomic mass is 19.1. The quantitative estimate of drug-likeness (QED) is 0.770. The van der Waals surface area contributed by atoms with Gasteiger partial charge in [-0.15, -0.1) is 0 Å². The van der Waals surface area contributed by atoms with E-state index in [0.29, 0.717) is 25.1 Å². The summed E-state index contributed by atoms with van der Waals surface area (Å²) in [4.78, 5) is 17.6. The van der Waals surface area contributed by atoms with E-state index in [0.717, 1.165) is 34.9 Å². The van der Waals surface area contributed by atoms with Crippen molar-refractivity contribution >= 4 is 22.5 Å². The third-order valence-electron chi connectivity index (χ3n) is 4.75. The van der Waals surface area contributed by atoms with E-state index in [1.165, 1.54) is 6.07 Å². The predicted molar refractivity (Wildman–Crippen MR) is 93.7 cm³/mol. The highest BCUT2D eigenvalue weighted by Crippen LogP contribution is 2.30. The van der Waals surface area contributed by atoms with Gasteiger partial charge in [-0.25, -0.2) is 4.39 Å². The number of nitrogens with one attached hydrogen (secondary N) is 1. The molecule has 0 unspecified atom stereocenters. The molecule has 0 atom stereocenters. The van der Waals surface area contributed by atoms with Crippen LogP contribution in [0.3, 0.4) is 0 Å². The minimum Gasteiger partial charge on any atom is -0.361 e. The summed E-state index contributed by atoms with van der Waals surface area (Å²) in [5.74, 6) is -0.307. The predicted octanol–water partition coefficient (Wildman–Crippen LogP) is 4.22. The number of hydrogen-bond acceptors (Lipinski definition) is 1. The van der Waals surface area contributed by atoms with Crippen LogP contribution in [0.5, 0.6) is 0 Å². The number of hydrogen-bond donors (Lipinski definition) is 1. The van der Waals surface area contributed by atoms with Gasteiger partial charge in [-0.1, -0.05) is 30.3 Å². The van der Waals surface area contributed by atoms with Crippen LogP contribution in [-0.2, 0) is 17.6 Å². The number of aryl methyl sites for hydroxylation is 2. The molecule has 0 radical (unpaired) electrons. The van der Waals surface area contributed by atoms with Crippen molar-refractivity contribution in [1.29, 1.82) is 0 Å². The molecule has 1 aliphatic rings. The monoisotopic (exact) mass is 322 g/mol. The highest BCUT2D eigenvalue weighted by molar-refractivity contribution is 5.95. The summed E-state index contributed by atoms with van der Waals surface area (Å²) in [7, 11) is 0. The molecule has 3 nitrogen and oxygen atoms in total. The molecule has 0 aliphatic carbocycles. The maximum Gasteiger partial charge on any atom is 0.227 e. The molecular formula is C20H19FN2O. The number of anilines is 1. The standard InChI is InChI=1S/C20H19FN2O/c21-17-8-3-5-14-6-4-12-23(20(14)17)19(24)11-10-15-13-22-18-9-2-1-7-16(15)18/h1-3,5,7-9,13,22H,4,6,10-12H2. The minimum absolute atomic E-state index is 0.00803. The van der Waals surface area contributed by atoms with Gasteiger partial charge in [0.2, 0.25) is 5.91 Å². The molecule has 0 saturated carbocycles. The third kappa shape index (κ3) is 2.58. The van der Waals surface area contributed by atoms with Gasteiger partial charge in [-0.05, 0) is 42.5 Å². The first-order valence-electron chi connectivity index (χ1n) is 8.37. The Labute approximate surface area is 140 Å². The van der Waals surface area contributed by atoms with E-state index in [2.05, 4.69) is 11.1 Å². The minimum atomic E-state index is -0.298. The molecule has 0 spiro atoms. The Morgan fingerprint density at radius 1 is 1.17 bits per heavy atom. The molecule has 4 heteroatoms. The number of benzene rings is 2. The van der Waals surface area contributed by atoms with Crippen LogP contribution in [0.15, 0.2) is 48.7 Å². The lowest BCUT2D eigenvalue weighted by atomic mass is 10.0. The van der Waals surface area contributed by atoms with Crippen molar-refractivity contribution in [2.75, 3.05) is 11.4 Å². The van der Waals surface area contributed by atoms with Crippen molar-refractivity contribution < 1.29 is 9.18 Å². The lowest BCUT2D eigenvalue weighted by Gasteiger charge is -2.29. The average molecular weight is 322 g/mol. The Bertz CT molecular complexity index is 900. The molecule has 3 aromatic rings. The van der Waals surface area contributed by atoms with Crippen LogP contribution in [0.1, 0.15) is 24.0 Å². The third-order valence-corrected chi connectivity index (χ3v) is 4.75. The van der Waals surface area contributed by atoms with E-state index in [9.17, 15) is 9.18 Å². The van der Waals surface area contributed by atoms with Gasteiger partial charge >= 0.3 is 0 Å². The normalized spacial score (nSPS) is 14.0. The Balaban J connectivity index is 1.54. The molecule has 0 saturated heterocycles. The van der Waals surface area contributed by atoms with Gasteiger partial charge in [0.25, 0.3) is 0 Å². The number of carbonyl (C=O) groups is 1. The van der Waals surface area contributed by atoms with E-state index in [1.807, 2.05) is 30.5 Å². The molecule has 0 bridgehead atoms. The lowest BCUT2D eigenvalue weighted by Crippen LogP contribution is -2.36. The van der Waals surface area contributed by atoms with Crippen molar-refractivity contribution in [3.63, 3.8) is 0 Å². The summed E-state index contributed by atoms with van der Waals surface area (Å²) < 4.78 is 14.2. The second-order valence-electron chi connectivity index (χ2n) is 6.26. The first-order valence-corrected chi connectivity index (χ1v) is 8.37. The van der Waals surface area contributed by atoms with Crippen LogP contribution in [0.4, 0.5) is 10.1 Å². The van der Waals surface area contributed by atoms with E-state index in [-0.39, 0.29) is 11.7 Å². The number of para-hydroxylation sites is 2. The number of aromatic amines is 1. The molecule has 2 aromatic carbocycles. The van der Waals surface area contributed by atoms with E-state index < -0.39 is 0 Å². The number of nitrogens with zero attached hydrogens (tertiary/aromatic N) is 1. The molecule has 1 N–H and O–H groups in total. The van der Waals surface area contributed by atoms with E-state index >= 15 is 0 Å². The molecule has 122 valence electrons. The van der Waals surface area contributed by atoms with Crippen molar-refractivity contribution in [3.8, 4) is 0 Å². The topological polar surface area (TPSA) is 36.1 Å². The number of halogens is 1. The van der Waals surface area contributed by atoms with E-state index in [4.69, 9.17) is 0 Å². The smallest absolute Gasteiger partial charge is 0.227 e. The van der Waals surface area contributed by atoms with Crippen LogP contribution in [-0.4, -0.2) is 17.4 Å². The van der Waals surface area contributed by atoms with Gasteiger partial charge < -0.3 is 9.88 Å².